The van der Waals surface area contributed by atoms with Crippen molar-refractivity contribution in [2.24, 2.45) is 11.7 Å². The van der Waals surface area contributed by atoms with Crippen molar-refractivity contribution >= 4 is 17.4 Å². The van der Waals surface area contributed by atoms with Gasteiger partial charge in [0, 0.05) is 18.1 Å². The van der Waals surface area contributed by atoms with Crippen molar-refractivity contribution in [1.82, 2.24) is 0 Å². The molecule has 2 atom stereocenters. The van der Waals surface area contributed by atoms with E-state index in [1.54, 1.807) is 6.07 Å². The zero-order valence-corrected chi connectivity index (χ0v) is 11.8. The molecule has 0 aliphatic rings. The number of para-hydroxylation sites is 1. The van der Waals surface area contributed by atoms with Gasteiger partial charge >= 0.3 is 5.97 Å². The Bertz CT molecular complexity index is 560. The summed E-state index contributed by atoms with van der Waals surface area (Å²) < 4.78 is 0. The second kappa shape index (κ2) is 8.20. The standard InChI is InChI=1S/C14H18N2O6/c15-6-5-12(17)10(8-14(19)20)13(18)7-9-3-1-2-4-11(9)16(21)22/h1-4,10,12,17H,5-8,15H2,(H,19,20). The number of rotatable bonds is 9. The minimum Gasteiger partial charge on any atom is -0.481 e. The fourth-order valence-electron chi connectivity index (χ4n) is 2.18. The Balaban J connectivity index is 2.96. The predicted molar refractivity (Wildman–Crippen MR) is 77.2 cm³/mol. The second-order valence-corrected chi connectivity index (χ2v) is 4.88. The van der Waals surface area contributed by atoms with Crippen LogP contribution >= 0.6 is 0 Å². The van der Waals surface area contributed by atoms with Crippen LogP contribution in [-0.2, 0) is 16.0 Å². The Kier molecular flexibility index (Phi) is 6.61. The Morgan fingerprint density at radius 2 is 1.95 bits per heavy atom. The van der Waals surface area contributed by atoms with Crippen molar-refractivity contribution in [3.8, 4) is 0 Å². The van der Waals surface area contributed by atoms with E-state index in [0.717, 1.165) is 0 Å². The summed E-state index contributed by atoms with van der Waals surface area (Å²) in [6.45, 7) is 0.107. The van der Waals surface area contributed by atoms with Crippen LogP contribution in [0.1, 0.15) is 18.4 Å². The number of aliphatic hydroxyl groups excluding tert-OH is 1. The van der Waals surface area contributed by atoms with Gasteiger partial charge in [-0.05, 0) is 13.0 Å². The van der Waals surface area contributed by atoms with Gasteiger partial charge in [0.05, 0.1) is 23.4 Å². The van der Waals surface area contributed by atoms with Crippen molar-refractivity contribution in [2.45, 2.75) is 25.4 Å². The maximum absolute atomic E-state index is 12.3. The zero-order valence-electron chi connectivity index (χ0n) is 11.8. The van der Waals surface area contributed by atoms with Crippen molar-refractivity contribution in [3.63, 3.8) is 0 Å². The molecular weight excluding hydrogens is 292 g/mol. The van der Waals surface area contributed by atoms with Crippen molar-refractivity contribution < 1.29 is 24.7 Å². The highest BCUT2D eigenvalue weighted by Crippen LogP contribution is 2.22. The third kappa shape index (κ3) is 4.90. The van der Waals surface area contributed by atoms with Crippen LogP contribution in [0.15, 0.2) is 24.3 Å². The highest BCUT2D eigenvalue weighted by Gasteiger charge is 2.30. The number of carbonyl (C=O) groups is 2. The highest BCUT2D eigenvalue weighted by atomic mass is 16.6. The molecule has 0 aromatic heterocycles. The van der Waals surface area contributed by atoms with Crippen LogP contribution in [0.2, 0.25) is 0 Å². The molecule has 8 nitrogen and oxygen atoms in total. The number of carbonyl (C=O) groups excluding carboxylic acids is 1. The first-order valence-corrected chi connectivity index (χ1v) is 6.71. The maximum Gasteiger partial charge on any atom is 0.304 e. The smallest absolute Gasteiger partial charge is 0.304 e. The quantitative estimate of drug-likeness (QED) is 0.445. The molecule has 2 unspecified atom stereocenters. The number of benzene rings is 1. The summed E-state index contributed by atoms with van der Waals surface area (Å²) in [6.07, 6.45) is -1.95. The van der Waals surface area contributed by atoms with Crippen molar-refractivity contribution in [3.05, 3.63) is 39.9 Å². The minimum atomic E-state index is -1.23. The molecular formula is C14H18N2O6. The molecule has 1 rings (SSSR count). The van der Waals surface area contributed by atoms with Gasteiger partial charge in [-0.1, -0.05) is 18.2 Å². The Morgan fingerprint density at radius 3 is 2.50 bits per heavy atom. The van der Waals surface area contributed by atoms with Gasteiger partial charge in [-0.3, -0.25) is 19.7 Å². The normalized spacial score (nSPS) is 13.4. The van der Waals surface area contributed by atoms with E-state index in [4.69, 9.17) is 10.8 Å². The van der Waals surface area contributed by atoms with Gasteiger partial charge in [-0.15, -0.1) is 0 Å². The third-order valence-corrected chi connectivity index (χ3v) is 3.29. The number of Topliss-reactive ketones (excluding diaryl/α,β-unsaturated/α-hetero) is 1. The average Bonchev–Trinajstić information content (AvgIpc) is 2.45. The first kappa shape index (κ1) is 17.7. The van der Waals surface area contributed by atoms with E-state index in [9.17, 15) is 24.8 Å². The molecule has 0 saturated carbocycles. The van der Waals surface area contributed by atoms with Crippen LogP contribution in [0, 0.1) is 16.0 Å². The summed E-state index contributed by atoms with van der Waals surface area (Å²) in [5.74, 6) is -2.92. The molecule has 0 aliphatic carbocycles. The second-order valence-electron chi connectivity index (χ2n) is 4.88. The summed E-state index contributed by atoms with van der Waals surface area (Å²) >= 11 is 0. The zero-order chi connectivity index (χ0) is 16.7. The summed E-state index contributed by atoms with van der Waals surface area (Å²) in [5, 5.41) is 29.7. The molecule has 0 amide bonds. The molecule has 8 heteroatoms. The topological polar surface area (TPSA) is 144 Å². The third-order valence-electron chi connectivity index (χ3n) is 3.29. The Labute approximate surface area is 126 Å². The van der Waals surface area contributed by atoms with Crippen LogP contribution in [0.5, 0.6) is 0 Å². The number of ketones is 1. The lowest BCUT2D eigenvalue weighted by Crippen LogP contribution is -2.33. The predicted octanol–water partition coefficient (Wildman–Crippen LogP) is 0.507. The first-order valence-electron chi connectivity index (χ1n) is 6.71. The van der Waals surface area contributed by atoms with Gasteiger partial charge in [0.2, 0.25) is 0 Å². The van der Waals surface area contributed by atoms with E-state index in [1.807, 2.05) is 0 Å². The van der Waals surface area contributed by atoms with Gasteiger partial charge < -0.3 is 15.9 Å². The molecule has 120 valence electrons. The van der Waals surface area contributed by atoms with E-state index >= 15 is 0 Å². The molecule has 22 heavy (non-hydrogen) atoms. The number of hydrogen-bond acceptors (Lipinski definition) is 6. The van der Waals surface area contributed by atoms with Gasteiger partial charge in [-0.25, -0.2) is 0 Å². The van der Waals surface area contributed by atoms with Crippen LogP contribution in [0.3, 0.4) is 0 Å². The minimum absolute atomic E-state index is 0.0839. The van der Waals surface area contributed by atoms with Crippen LogP contribution in [0.4, 0.5) is 5.69 Å². The van der Waals surface area contributed by atoms with E-state index in [2.05, 4.69) is 0 Å². The van der Waals surface area contributed by atoms with Crippen LogP contribution in [-0.4, -0.2) is 39.5 Å². The fraction of sp³-hybridized carbons (Fsp3) is 0.429. The van der Waals surface area contributed by atoms with E-state index in [-0.39, 0.29) is 30.6 Å². The average molecular weight is 310 g/mol. The molecule has 0 heterocycles. The van der Waals surface area contributed by atoms with Crippen molar-refractivity contribution in [1.29, 1.82) is 0 Å². The molecule has 1 aromatic rings. The summed E-state index contributed by atoms with van der Waals surface area (Å²) in [4.78, 5) is 33.4. The number of aliphatic hydroxyl groups is 1. The molecule has 1 aromatic carbocycles. The Morgan fingerprint density at radius 1 is 1.32 bits per heavy atom. The fourth-order valence-corrected chi connectivity index (χ4v) is 2.18. The van der Waals surface area contributed by atoms with Crippen LogP contribution < -0.4 is 5.73 Å². The van der Waals surface area contributed by atoms with Gasteiger partial charge in [0.15, 0.2) is 0 Å². The number of aliphatic carboxylic acids is 1. The Hall–Kier alpha value is -2.32. The lowest BCUT2D eigenvalue weighted by atomic mass is 9.88. The highest BCUT2D eigenvalue weighted by molar-refractivity contribution is 5.87. The summed E-state index contributed by atoms with van der Waals surface area (Å²) in [7, 11) is 0. The van der Waals surface area contributed by atoms with Gasteiger partial charge in [0.1, 0.15) is 5.78 Å². The SMILES string of the molecule is NCCC(O)C(CC(=O)O)C(=O)Cc1ccccc1[N+](=O)[O-]. The lowest BCUT2D eigenvalue weighted by Gasteiger charge is -2.19. The monoisotopic (exact) mass is 310 g/mol. The number of carboxylic acids is 1. The van der Waals surface area contributed by atoms with E-state index in [0.29, 0.717) is 0 Å². The first-order chi connectivity index (χ1) is 10.4. The molecule has 0 spiro atoms. The van der Waals surface area contributed by atoms with Crippen LogP contribution in [0.25, 0.3) is 0 Å². The largest absolute Gasteiger partial charge is 0.481 e. The summed E-state index contributed by atoms with van der Waals surface area (Å²) in [5.41, 5.74) is 5.28. The van der Waals surface area contributed by atoms with E-state index < -0.39 is 35.1 Å². The molecule has 0 aliphatic heterocycles. The number of nitrogens with two attached hydrogens (primary N) is 1. The van der Waals surface area contributed by atoms with Crippen molar-refractivity contribution in [2.75, 3.05) is 6.54 Å². The van der Waals surface area contributed by atoms with Gasteiger partial charge in [0.25, 0.3) is 5.69 Å². The number of hydrogen-bond donors (Lipinski definition) is 3. The lowest BCUT2D eigenvalue weighted by molar-refractivity contribution is -0.385. The summed E-state index contributed by atoms with van der Waals surface area (Å²) in [6, 6.07) is 5.73. The van der Waals surface area contributed by atoms with Gasteiger partial charge in [-0.2, -0.15) is 0 Å². The molecule has 0 bridgehead atoms. The number of nitro benzene ring substituents is 1. The number of nitrogens with zero attached hydrogens (tertiary/aromatic N) is 1. The molecule has 0 saturated heterocycles. The molecule has 4 N–H and O–H groups in total. The number of carboxylic acid groups (broad SMARTS) is 1. The molecule has 0 radical (unpaired) electrons. The van der Waals surface area contributed by atoms with E-state index in [1.165, 1.54) is 18.2 Å². The molecule has 0 fully saturated rings. The number of nitro groups is 1. The maximum atomic E-state index is 12.3.